The average Bonchev–Trinajstić information content (AvgIpc) is 2.17. The van der Waals surface area contributed by atoms with E-state index >= 15 is 0 Å². The highest BCUT2D eigenvalue weighted by molar-refractivity contribution is 4.88. The summed E-state index contributed by atoms with van der Waals surface area (Å²) in [6.45, 7) is 4.39. The van der Waals surface area contributed by atoms with Crippen molar-refractivity contribution in [3.8, 4) is 0 Å². The minimum Gasteiger partial charge on any atom is -0.0622 e. The molecule has 1 aliphatic carbocycles. The van der Waals surface area contributed by atoms with Crippen LogP contribution in [0.3, 0.4) is 0 Å². The van der Waals surface area contributed by atoms with Gasteiger partial charge in [0.25, 0.3) is 0 Å². The molecular formula is C7H12. The summed E-state index contributed by atoms with van der Waals surface area (Å²) in [5.74, 6) is 1.56. The van der Waals surface area contributed by atoms with Crippen LogP contribution in [0.25, 0.3) is 0 Å². The number of rotatable bonds is 2. The molecule has 1 rings (SSSR count). The summed E-state index contributed by atoms with van der Waals surface area (Å²) in [4.78, 5) is 0. The Hall–Kier alpha value is 0. The van der Waals surface area contributed by atoms with Crippen LogP contribution in [0.2, 0.25) is 0 Å². The second-order valence-corrected chi connectivity index (χ2v) is 2.60. The van der Waals surface area contributed by atoms with Gasteiger partial charge in [-0.2, -0.15) is 0 Å². The molecule has 1 fully saturated rings. The standard InChI is InChI=1S/C7H12/c1-6(2)5-7-3-4-7/h6-7H,3-4H2,1-2H3. The summed E-state index contributed by atoms with van der Waals surface area (Å²) in [6, 6.07) is 0. The van der Waals surface area contributed by atoms with Crippen LogP contribution in [0.1, 0.15) is 26.7 Å². The van der Waals surface area contributed by atoms with Crippen molar-refractivity contribution in [1.29, 1.82) is 0 Å². The van der Waals surface area contributed by atoms with E-state index in [2.05, 4.69) is 20.3 Å². The van der Waals surface area contributed by atoms with E-state index in [0.29, 0.717) is 5.92 Å². The molecule has 0 aromatic rings. The van der Waals surface area contributed by atoms with Crippen LogP contribution in [0.4, 0.5) is 0 Å². The summed E-state index contributed by atoms with van der Waals surface area (Å²) < 4.78 is 0. The molecule has 2 radical (unpaired) electrons. The minimum atomic E-state index is 0.688. The SMILES string of the molecule is CC(C)[C]C1CC1. The molecule has 0 heteroatoms. The Labute approximate surface area is 45.9 Å². The Bertz CT molecular complexity index is 51.1. The second-order valence-electron chi connectivity index (χ2n) is 2.60. The van der Waals surface area contributed by atoms with Crippen molar-refractivity contribution in [2.45, 2.75) is 26.7 Å². The smallest absolute Gasteiger partial charge is 0.0112 e. The van der Waals surface area contributed by atoms with Gasteiger partial charge in [-0.05, 0) is 31.1 Å². The molecule has 0 bridgehead atoms. The van der Waals surface area contributed by atoms with E-state index in [1.807, 2.05) is 0 Å². The summed E-state index contributed by atoms with van der Waals surface area (Å²) in [5.41, 5.74) is 0. The maximum Gasteiger partial charge on any atom is -0.0112 e. The molecule has 40 valence electrons. The van der Waals surface area contributed by atoms with E-state index in [0.717, 1.165) is 5.92 Å². The molecule has 7 heavy (non-hydrogen) atoms. The van der Waals surface area contributed by atoms with E-state index in [1.54, 1.807) is 0 Å². The minimum absolute atomic E-state index is 0.688. The molecule has 0 saturated heterocycles. The predicted molar refractivity (Wildman–Crippen MR) is 30.8 cm³/mol. The van der Waals surface area contributed by atoms with Crippen molar-refractivity contribution in [2.75, 3.05) is 0 Å². The van der Waals surface area contributed by atoms with Crippen molar-refractivity contribution in [3.05, 3.63) is 6.42 Å². The highest BCUT2D eigenvalue weighted by atomic mass is 14.3. The van der Waals surface area contributed by atoms with Gasteiger partial charge in [-0.1, -0.05) is 13.8 Å². The summed E-state index contributed by atoms with van der Waals surface area (Å²) in [6.07, 6.45) is 6.22. The van der Waals surface area contributed by atoms with Crippen molar-refractivity contribution >= 4 is 0 Å². The maximum atomic E-state index is 3.42. The topological polar surface area (TPSA) is 0 Å². The van der Waals surface area contributed by atoms with E-state index in [9.17, 15) is 0 Å². The predicted octanol–water partition coefficient (Wildman–Crippen LogP) is 2.13. The van der Waals surface area contributed by atoms with Crippen LogP contribution < -0.4 is 0 Å². The van der Waals surface area contributed by atoms with Crippen molar-refractivity contribution in [2.24, 2.45) is 11.8 Å². The Morgan fingerprint density at radius 2 is 2.00 bits per heavy atom. The first-order chi connectivity index (χ1) is 3.29. The largest absolute Gasteiger partial charge is 0.0622 e. The molecular weight excluding hydrogens is 84.1 g/mol. The molecule has 0 unspecified atom stereocenters. The fourth-order valence-electron chi connectivity index (χ4n) is 0.721. The zero-order chi connectivity index (χ0) is 5.28. The Kier molecular flexibility index (Phi) is 1.36. The molecule has 0 spiro atoms. The fraction of sp³-hybridized carbons (Fsp3) is 0.857. The third-order valence-corrected chi connectivity index (χ3v) is 1.15. The average molecular weight is 96.2 g/mol. The van der Waals surface area contributed by atoms with Crippen LogP contribution in [0.15, 0.2) is 0 Å². The lowest BCUT2D eigenvalue weighted by Gasteiger charge is -1.96. The van der Waals surface area contributed by atoms with Gasteiger partial charge in [-0.15, -0.1) is 0 Å². The molecule has 0 heterocycles. The van der Waals surface area contributed by atoms with E-state index in [-0.39, 0.29) is 0 Å². The summed E-state index contributed by atoms with van der Waals surface area (Å²) in [5, 5.41) is 0. The van der Waals surface area contributed by atoms with Crippen LogP contribution in [0, 0.1) is 18.3 Å². The van der Waals surface area contributed by atoms with Crippen molar-refractivity contribution in [3.63, 3.8) is 0 Å². The molecule has 0 aromatic heterocycles. The third-order valence-electron chi connectivity index (χ3n) is 1.15. The Morgan fingerprint density at radius 1 is 1.43 bits per heavy atom. The lowest BCUT2D eigenvalue weighted by molar-refractivity contribution is 0.694. The summed E-state index contributed by atoms with van der Waals surface area (Å²) in [7, 11) is 0. The molecule has 0 aliphatic heterocycles. The van der Waals surface area contributed by atoms with Crippen molar-refractivity contribution < 1.29 is 0 Å². The molecule has 1 saturated carbocycles. The van der Waals surface area contributed by atoms with Gasteiger partial charge in [0.15, 0.2) is 0 Å². The zero-order valence-corrected chi connectivity index (χ0v) is 5.07. The highest BCUT2D eigenvalue weighted by Crippen LogP contribution is 2.33. The maximum absolute atomic E-state index is 3.42. The van der Waals surface area contributed by atoms with Gasteiger partial charge >= 0.3 is 0 Å². The lowest BCUT2D eigenvalue weighted by Crippen LogP contribution is -1.87. The van der Waals surface area contributed by atoms with E-state index in [1.165, 1.54) is 12.8 Å². The van der Waals surface area contributed by atoms with Crippen LogP contribution in [-0.4, -0.2) is 0 Å². The van der Waals surface area contributed by atoms with Gasteiger partial charge in [-0.3, -0.25) is 0 Å². The van der Waals surface area contributed by atoms with Gasteiger partial charge in [0, 0.05) is 0 Å². The Balaban J connectivity index is 1.97. The first-order valence-electron chi connectivity index (χ1n) is 3.05. The number of hydrogen-bond acceptors (Lipinski definition) is 0. The lowest BCUT2D eigenvalue weighted by atomic mass is 10.1. The first kappa shape index (κ1) is 5.14. The van der Waals surface area contributed by atoms with E-state index in [4.69, 9.17) is 0 Å². The van der Waals surface area contributed by atoms with Crippen LogP contribution in [-0.2, 0) is 0 Å². The highest BCUT2D eigenvalue weighted by Gasteiger charge is 2.22. The monoisotopic (exact) mass is 96.1 g/mol. The van der Waals surface area contributed by atoms with Crippen molar-refractivity contribution in [1.82, 2.24) is 0 Å². The molecule has 0 atom stereocenters. The number of hydrogen-bond donors (Lipinski definition) is 0. The van der Waals surface area contributed by atoms with Gasteiger partial charge in [0.2, 0.25) is 0 Å². The third kappa shape index (κ3) is 1.96. The second kappa shape index (κ2) is 1.85. The zero-order valence-electron chi connectivity index (χ0n) is 5.07. The van der Waals surface area contributed by atoms with Gasteiger partial charge < -0.3 is 0 Å². The van der Waals surface area contributed by atoms with Gasteiger partial charge in [-0.25, -0.2) is 0 Å². The molecule has 0 amide bonds. The summed E-state index contributed by atoms with van der Waals surface area (Å²) >= 11 is 0. The first-order valence-corrected chi connectivity index (χ1v) is 3.05. The van der Waals surface area contributed by atoms with Gasteiger partial charge in [0.05, 0.1) is 0 Å². The van der Waals surface area contributed by atoms with Crippen LogP contribution in [0.5, 0.6) is 0 Å². The van der Waals surface area contributed by atoms with E-state index < -0.39 is 0 Å². The molecule has 0 nitrogen and oxygen atoms in total. The fourth-order valence-corrected chi connectivity index (χ4v) is 0.721. The normalized spacial score (nSPS) is 21.0. The molecule has 0 aromatic carbocycles. The van der Waals surface area contributed by atoms with Crippen LogP contribution >= 0.6 is 0 Å². The molecule has 1 aliphatic rings. The molecule has 0 N–H and O–H groups in total. The van der Waals surface area contributed by atoms with Gasteiger partial charge in [0.1, 0.15) is 0 Å². The quantitative estimate of drug-likeness (QED) is 0.494. The Morgan fingerprint density at radius 3 is 2.14 bits per heavy atom.